The zero-order chi connectivity index (χ0) is 19.6. The molecule has 141 valence electrons. The summed E-state index contributed by atoms with van der Waals surface area (Å²) < 4.78 is 0. The Bertz CT molecular complexity index is 788. The molecule has 0 N–H and O–H groups in total. The average Bonchev–Trinajstić information content (AvgIpc) is 3.02. The zero-order valence-corrected chi connectivity index (χ0v) is 18.4. The van der Waals surface area contributed by atoms with Crippen LogP contribution in [0.5, 0.6) is 0 Å². The molecule has 4 heteroatoms. The Balaban J connectivity index is 1.67. The summed E-state index contributed by atoms with van der Waals surface area (Å²) in [5.74, 6) is 0. The van der Waals surface area contributed by atoms with Crippen LogP contribution in [0, 0.1) is 20.8 Å². The molecule has 0 saturated carbocycles. The highest BCUT2D eigenvalue weighted by Gasteiger charge is 2.27. The summed E-state index contributed by atoms with van der Waals surface area (Å²) in [6.07, 6.45) is 5.44. The molecule has 1 heterocycles. The van der Waals surface area contributed by atoms with E-state index in [1.54, 1.807) is 0 Å². The molecular formula is C23H31BN2P. The van der Waals surface area contributed by atoms with E-state index >= 15 is 0 Å². The number of nitrogens with zero attached hydrogens (tertiary/aromatic N) is 2. The second-order valence-electron chi connectivity index (χ2n) is 8.49. The molecule has 1 unspecified atom stereocenters. The maximum absolute atomic E-state index is 2.54. The summed E-state index contributed by atoms with van der Waals surface area (Å²) in [5.41, 5.74) is 5.38. The van der Waals surface area contributed by atoms with E-state index in [1.165, 1.54) is 27.7 Å². The highest BCUT2D eigenvalue weighted by atomic mass is 31.1. The number of hydrogen-bond acceptors (Lipinski definition) is 2. The molecule has 0 fully saturated rings. The molecule has 0 spiro atoms. The number of rotatable bonds is 5. The van der Waals surface area contributed by atoms with Crippen molar-refractivity contribution in [3.63, 3.8) is 0 Å². The minimum absolute atomic E-state index is 0.268. The smallest absolute Gasteiger partial charge is 0.178 e. The fourth-order valence-electron chi connectivity index (χ4n) is 3.90. The van der Waals surface area contributed by atoms with Crippen LogP contribution in [-0.4, -0.2) is 30.2 Å². The predicted octanol–water partition coefficient (Wildman–Crippen LogP) is 5.35. The first kappa shape index (κ1) is 20.0. The van der Waals surface area contributed by atoms with E-state index in [0.717, 1.165) is 13.1 Å². The van der Waals surface area contributed by atoms with Gasteiger partial charge in [0.15, 0.2) is 7.00 Å². The second-order valence-corrected chi connectivity index (χ2v) is 11.5. The molecule has 1 aliphatic heterocycles. The van der Waals surface area contributed by atoms with Gasteiger partial charge in [0.05, 0.1) is 6.67 Å². The Labute approximate surface area is 167 Å². The van der Waals surface area contributed by atoms with Gasteiger partial charge in [0, 0.05) is 18.1 Å². The van der Waals surface area contributed by atoms with Crippen LogP contribution in [0.25, 0.3) is 0 Å². The third-order valence-electron chi connectivity index (χ3n) is 4.97. The van der Waals surface area contributed by atoms with Crippen molar-refractivity contribution in [3.05, 3.63) is 71.6 Å². The van der Waals surface area contributed by atoms with Crippen LogP contribution in [0.4, 0.5) is 5.69 Å². The van der Waals surface area contributed by atoms with Gasteiger partial charge >= 0.3 is 0 Å². The van der Waals surface area contributed by atoms with E-state index in [-0.39, 0.29) is 13.0 Å². The molecule has 3 rings (SSSR count). The van der Waals surface area contributed by atoms with E-state index in [2.05, 4.69) is 113 Å². The van der Waals surface area contributed by atoms with E-state index in [4.69, 9.17) is 0 Å². The molecule has 0 aromatic heterocycles. The summed E-state index contributed by atoms with van der Waals surface area (Å²) in [6.45, 7) is 17.1. The topological polar surface area (TPSA) is 6.48 Å². The predicted molar refractivity (Wildman–Crippen MR) is 122 cm³/mol. The van der Waals surface area contributed by atoms with Gasteiger partial charge in [0.25, 0.3) is 0 Å². The fraction of sp³-hybridized carbons (Fsp3) is 0.391. The van der Waals surface area contributed by atoms with Crippen molar-refractivity contribution in [2.75, 3.05) is 18.0 Å². The van der Waals surface area contributed by atoms with Crippen LogP contribution in [0.15, 0.2) is 54.9 Å². The van der Waals surface area contributed by atoms with Crippen LogP contribution in [0.2, 0.25) is 0 Å². The lowest BCUT2D eigenvalue weighted by Gasteiger charge is -2.33. The largest absolute Gasteiger partial charge is 0.366 e. The molecule has 1 atom stereocenters. The normalized spacial score (nSPS) is 15.3. The van der Waals surface area contributed by atoms with E-state index in [1.807, 2.05) is 0 Å². The van der Waals surface area contributed by atoms with Gasteiger partial charge in [-0.3, -0.25) is 0 Å². The van der Waals surface area contributed by atoms with Crippen molar-refractivity contribution in [2.45, 2.75) is 46.7 Å². The third-order valence-corrected chi connectivity index (χ3v) is 7.80. The first-order valence-corrected chi connectivity index (χ1v) is 11.1. The quantitative estimate of drug-likeness (QED) is 0.512. The Kier molecular flexibility index (Phi) is 6.01. The summed E-state index contributed by atoms with van der Waals surface area (Å²) in [7, 11) is -0.317. The lowest BCUT2D eigenvalue weighted by molar-refractivity contribution is 0.471. The van der Waals surface area contributed by atoms with Crippen LogP contribution in [0.3, 0.4) is 0 Å². The minimum atomic E-state index is -0.317. The SMILES string of the molecule is Cc1cc(C)c(N2C=CN(C[B]P(c3ccccc3)C(C)(C)C)C2)c(C)c1. The number of anilines is 1. The number of hydrogen-bond donors (Lipinski definition) is 0. The summed E-state index contributed by atoms with van der Waals surface area (Å²) in [6, 6.07) is 15.5. The average molecular weight is 377 g/mol. The van der Waals surface area contributed by atoms with Crippen LogP contribution in [-0.2, 0) is 0 Å². The van der Waals surface area contributed by atoms with Crippen molar-refractivity contribution in [2.24, 2.45) is 0 Å². The molecule has 0 bridgehead atoms. The van der Waals surface area contributed by atoms with Gasteiger partial charge in [-0.25, -0.2) is 0 Å². The third kappa shape index (κ3) is 4.77. The van der Waals surface area contributed by atoms with Gasteiger partial charge < -0.3 is 9.80 Å². The van der Waals surface area contributed by atoms with E-state index < -0.39 is 0 Å². The fourth-order valence-corrected chi connectivity index (χ4v) is 6.30. The Hall–Kier alpha value is -1.73. The van der Waals surface area contributed by atoms with Crippen molar-refractivity contribution in [1.29, 1.82) is 0 Å². The molecular weight excluding hydrogens is 346 g/mol. The standard InChI is InChI=1S/C23H31BN2P/c1-18-14-19(2)22(20(3)15-18)26-13-12-25(17-26)16-24-27(23(4,5)6)21-10-8-7-9-11-21/h7-15H,16-17H2,1-6H3. The van der Waals surface area contributed by atoms with Gasteiger partial charge in [0.2, 0.25) is 0 Å². The second kappa shape index (κ2) is 8.11. The monoisotopic (exact) mass is 377 g/mol. The first-order chi connectivity index (χ1) is 12.8. The Morgan fingerprint density at radius 2 is 1.59 bits per heavy atom. The van der Waals surface area contributed by atoms with Gasteiger partial charge in [-0.05, 0) is 48.8 Å². The van der Waals surface area contributed by atoms with Crippen molar-refractivity contribution in [3.8, 4) is 0 Å². The van der Waals surface area contributed by atoms with Crippen molar-refractivity contribution in [1.82, 2.24) is 4.90 Å². The van der Waals surface area contributed by atoms with Gasteiger partial charge in [0.1, 0.15) is 0 Å². The van der Waals surface area contributed by atoms with Crippen LogP contribution in [0.1, 0.15) is 37.5 Å². The van der Waals surface area contributed by atoms with Crippen molar-refractivity contribution < 1.29 is 0 Å². The summed E-state index contributed by atoms with van der Waals surface area (Å²) in [4.78, 5) is 4.78. The highest BCUT2D eigenvalue weighted by molar-refractivity contribution is 7.92. The molecule has 0 amide bonds. The maximum atomic E-state index is 2.54. The van der Waals surface area contributed by atoms with Crippen molar-refractivity contribution >= 4 is 25.8 Å². The van der Waals surface area contributed by atoms with Gasteiger partial charge in [-0.2, -0.15) is 0 Å². The molecule has 2 nitrogen and oxygen atoms in total. The Morgan fingerprint density at radius 3 is 2.19 bits per heavy atom. The lowest BCUT2D eigenvalue weighted by atomic mass is 10.0. The van der Waals surface area contributed by atoms with E-state index in [0.29, 0.717) is 0 Å². The maximum Gasteiger partial charge on any atom is 0.178 e. The molecule has 27 heavy (non-hydrogen) atoms. The first-order valence-electron chi connectivity index (χ1n) is 9.70. The Morgan fingerprint density at radius 1 is 0.963 bits per heavy atom. The molecule has 1 aliphatic rings. The van der Waals surface area contributed by atoms with Crippen LogP contribution < -0.4 is 10.2 Å². The van der Waals surface area contributed by atoms with Gasteiger partial charge in [-0.1, -0.05) is 68.8 Å². The molecule has 0 saturated heterocycles. The molecule has 2 aromatic rings. The highest BCUT2D eigenvalue weighted by Crippen LogP contribution is 2.46. The van der Waals surface area contributed by atoms with Crippen LogP contribution >= 0.6 is 7.80 Å². The number of benzene rings is 2. The van der Waals surface area contributed by atoms with Gasteiger partial charge in [-0.15, -0.1) is 7.80 Å². The zero-order valence-electron chi connectivity index (χ0n) is 17.5. The number of aryl methyl sites for hydroxylation is 3. The summed E-state index contributed by atoms with van der Waals surface area (Å²) in [5, 5.41) is 1.73. The summed E-state index contributed by atoms with van der Waals surface area (Å²) >= 11 is 0. The lowest BCUT2D eigenvalue weighted by Crippen LogP contribution is -2.32. The van der Waals surface area contributed by atoms with E-state index in [9.17, 15) is 0 Å². The molecule has 2 aromatic carbocycles. The minimum Gasteiger partial charge on any atom is -0.366 e. The molecule has 0 aliphatic carbocycles. The molecule has 1 radical (unpaired) electrons.